The number of thiazole rings is 1. The molecule has 0 radical (unpaired) electrons. The fourth-order valence-corrected chi connectivity index (χ4v) is 4.03. The van der Waals surface area contributed by atoms with Gasteiger partial charge in [0.1, 0.15) is 6.54 Å². The van der Waals surface area contributed by atoms with Crippen molar-refractivity contribution in [2.24, 2.45) is 4.99 Å². The number of fused-ring (bicyclic) bond motifs is 1. The molecule has 2 aromatic carbocycles. The SMILES string of the molecule is COC(=O)Cn1c(=NC(=O)Cc2cccc(C)c2)sc2cc(OC)c(OC)cc21. The molecule has 3 rings (SSSR count). The number of amides is 1. The number of nitrogens with zero attached hydrogens (tertiary/aromatic N) is 2. The van der Waals surface area contributed by atoms with E-state index in [1.54, 1.807) is 23.8 Å². The quantitative estimate of drug-likeness (QED) is 0.580. The first kappa shape index (κ1) is 20.6. The van der Waals surface area contributed by atoms with E-state index in [-0.39, 0.29) is 18.9 Å². The summed E-state index contributed by atoms with van der Waals surface area (Å²) in [6.07, 6.45) is 0.181. The van der Waals surface area contributed by atoms with Crippen molar-refractivity contribution in [1.82, 2.24) is 4.57 Å². The summed E-state index contributed by atoms with van der Waals surface area (Å²) in [7, 11) is 4.41. The van der Waals surface area contributed by atoms with Crippen molar-refractivity contribution in [1.29, 1.82) is 0 Å². The van der Waals surface area contributed by atoms with Crippen LogP contribution in [0.25, 0.3) is 10.2 Å². The van der Waals surface area contributed by atoms with E-state index in [0.717, 1.165) is 15.8 Å². The molecule has 7 nitrogen and oxygen atoms in total. The van der Waals surface area contributed by atoms with Gasteiger partial charge in [0.2, 0.25) is 0 Å². The van der Waals surface area contributed by atoms with Crippen molar-refractivity contribution in [3.63, 3.8) is 0 Å². The van der Waals surface area contributed by atoms with Gasteiger partial charge in [0, 0.05) is 12.1 Å². The van der Waals surface area contributed by atoms with Gasteiger partial charge in [-0.2, -0.15) is 4.99 Å². The predicted octanol–water partition coefficient (Wildman–Crippen LogP) is 2.87. The lowest BCUT2D eigenvalue weighted by molar-refractivity contribution is -0.141. The van der Waals surface area contributed by atoms with Crippen LogP contribution < -0.4 is 14.3 Å². The van der Waals surface area contributed by atoms with E-state index < -0.39 is 5.97 Å². The lowest BCUT2D eigenvalue weighted by Crippen LogP contribution is -2.22. The maximum atomic E-state index is 12.6. The van der Waals surface area contributed by atoms with E-state index in [2.05, 4.69) is 4.99 Å². The molecular weight excluding hydrogens is 392 g/mol. The Morgan fingerprint density at radius 1 is 1.07 bits per heavy atom. The monoisotopic (exact) mass is 414 g/mol. The second-order valence-corrected chi connectivity index (χ2v) is 7.40. The van der Waals surface area contributed by atoms with Gasteiger partial charge >= 0.3 is 5.97 Å². The maximum absolute atomic E-state index is 12.6. The minimum atomic E-state index is -0.438. The molecule has 0 fully saturated rings. The molecule has 0 aliphatic carbocycles. The summed E-state index contributed by atoms with van der Waals surface area (Å²) in [6, 6.07) is 11.3. The van der Waals surface area contributed by atoms with Gasteiger partial charge in [0.25, 0.3) is 5.91 Å². The predicted molar refractivity (Wildman–Crippen MR) is 110 cm³/mol. The minimum Gasteiger partial charge on any atom is -0.493 e. The highest BCUT2D eigenvalue weighted by Gasteiger charge is 2.15. The third-order valence-electron chi connectivity index (χ3n) is 4.36. The smallest absolute Gasteiger partial charge is 0.325 e. The fourth-order valence-electron chi connectivity index (χ4n) is 2.97. The number of benzene rings is 2. The fraction of sp³-hybridized carbons (Fsp3) is 0.286. The van der Waals surface area contributed by atoms with Gasteiger partial charge in [0.15, 0.2) is 16.3 Å². The first-order chi connectivity index (χ1) is 13.9. The summed E-state index contributed by atoms with van der Waals surface area (Å²) in [5.74, 6) is 0.352. The number of aryl methyl sites for hydroxylation is 1. The Balaban J connectivity index is 2.09. The highest BCUT2D eigenvalue weighted by Crippen LogP contribution is 2.33. The van der Waals surface area contributed by atoms with Crippen LogP contribution in [0.15, 0.2) is 41.4 Å². The molecule has 0 bridgehead atoms. The average Bonchev–Trinajstić information content (AvgIpc) is 3.02. The van der Waals surface area contributed by atoms with Gasteiger partial charge in [-0.25, -0.2) is 0 Å². The number of ether oxygens (including phenoxy) is 3. The zero-order valence-corrected chi connectivity index (χ0v) is 17.5. The Kier molecular flexibility index (Phi) is 6.33. The normalized spacial score (nSPS) is 11.5. The van der Waals surface area contributed by atoms with Crippen molar-refractivity contribution >= 4 is 33.4 Å². The molecule has 1 heterocycles. The number of hydrogen-bond donors (Lipinski definition) is 0. The number of esters is 1. The van der Waals surface area contributed by atoms with Crippen molar-refractivity contribution in [2.75, 3.05) is 21.3 Å². The Morgan fingerprint density at radius 2 is 1.79 bits per heavy atom. The standard InChI is InChI=1S/C21H22N2O5S/c1-13-6-5-7-14(8-13)9-19(24)22-21-23(12-20(25)28-4)15-10-16(26-2)17(27-3)11-18(15)29-21/h5-8,10-11H,9,12H2,1-4H3. The van der Waals surface area contributed by atoms with Gasteiger partial charge in [-0.3, -0.25) is 9.59 Å². The Labute approximate surface area is 172 Å². The number of carbonyl (C=O) groups is 2. The molecule has 0 atom stereocenters. The van der Waals surface area contributed by atoms with Crippen molar-refractivity contribution in [3.05, 3.63) is 52.3 Å². The van der Waals surface area contributed by atoms with Crippen LogP contribution in [-0.2, 0) is 27.3 Å². The molecule has 0 aliphatic rings. The van der Waals surface area contributed by atoms with Gasteiger partial charge in [-0.1, -0.05) is 41.2 Å². The number of hydrogen-bond acceptors (Lipinski definition) is 6. The molecule has 0 saturated heterocycles. The van der Waals surface area contributed by atoms with Crippen LogP contribution in [0.4, 0.5) is 0 Å². The largest absolute Gasteiger partial charge is 0.493 e. The molecule has 0 spiro atoms. The second-order valence-electron chi connectivity index (χ2n) is 6.39. The van der Waals surface area contributed by atoms with E-state index in [0.29, 0.717) is 21.8 Å². The summed E-state index contributed by atoms with van der Waals surface area (Å²) in [5.41, 5.74) is 2.68. The summed E-state index contributed by atoms with van der Waals surface area (Å²) >= 11 is 1.30. The van der Waals surface area contributed by atoms with Crippen LogP contribution in [0.2, 0.25) is 0 Å². The van der Waals surface area contributed by atoms with Gasteiger partial charge in [-0.05, 0) is 12.5 Å². The van der Waals surface area contributed by atoms with Crippen LogP contribution in [0, 0.1) is 6.92 Å². The van der Waals surface area contributed by atoms with Crippen LogP contribution in [-0.4, -0.2) is 37.8 Å². The molecule has 3 aromatic rings. The lowest BCUT2D eigenvalue weighted by Gasteiger charge is -2.09. The first-order valence-corrected chi connectivity index (χ1v) is 9.72. The zero-order chi connectivity index (χ0) is 21.0. The summed E-state index contributed by atoms with van der Waals surface area (Å²) in [6.45, 7) is 1.91. The highest BCUT2D eigenvalue weighted by atomic mass is 32.1. The Bertz CT molecular complexity index is 1130. The third kappa shape index (κ3) is 4.65. The van der Waals surface area contributed by atoms with Crippen LogP contribution >= 0.6 is 11.3 Å². The Hall–Kier alpha value is -3.13. The van der Waals surface area contributed by atoms with Crippen LogP contribution in [0.3, 0.4) is 0 Å². The first-order valence-electron chi connectivity index (χ1n) is 8.90. The topological polar surface area (TPSA) is 79.1 Å². The summed E-state index contributed by atoms with van der Waals surface area (Å²) in [4.78, 5) is 29.2. The lowest BCUT2D eigenvalue weighted by atomic mass is 10.1. The molecule has 1 aromatic heterocycles. The average molecular weight is 414 g/mol. The van der Waals surface area contributed by atoms with E-state index in [1.165, 1.54) is 25.6 Å². The van der Waals surface area contributed by atoms with Gasteiger partial charge in [-0.15, -0.1) is 0 Å². The molecule has 0 saturated carbocycles. The Morgan fingerprint density at radius 3 is 2.45 bits per heavy atom. The number of carbonyl (C=O) groups excluding carboxylic acids is 2. The molecule has 1 amide bonds. The number of aromatic nitrogens is 1. The zero-order valence-electron chi connectivity index (χ0n) is 16.7. The second kappa shape index (κ2) is 8.91. The van der Waals surface area contributed by atoms with Crippen LogP contribution in [0.1, 0.15) is 11.1 Å². The summed E-state index contributed by atoms with van der Waals surface area (Å²) in [5, 5.41) is 0. The molecule has 0 N–H and O–H groups in total. The molecule has 152 valence electrons. The summed E-state index contributed by atoms with van der Waals surface area (Å²) < 4.78 is 18.0. The van der Waals surface area contributed by atoms with E-state index in [9.17, 15) is 9.59 Å². The third-order valence-corrected chi connectivity index (χ3v) is 5.40. The van der Waals surface area contributed by atoms with E-state index in [1.807, 2.05) is 31.2 Å². The van der Waals surface area contributed by atoms with Crippen molar-refractivity contribution in [2.45, 2.75) is 19.9 Å². The van der Waals surface area contributed by atoms with Crippen LogP contribution in [0.5, 0.6) is 11.5 Å². The maximum Gasteiger partial charge on any atom is 0.325 e. The molecule has 0 unspecified atom stereocenters. The van der Waals surface area contributed by atoms with Crippen molar-refractivity contribution < 1.29 is 23.8 Å². The molecule has 8 heteroatoms. The molecular formula is C21H22N2O5S. The van der Waals surface area contributed by atoms with E-state index in [4.69, 9.17) is 14.2 Å². The number of rotatable bonds is 6. The molecule has 0 aliphatic heterocycles. The van der Waals surface area contributed by atoms with Gasteiger partial charge < -0.3 is 18.8 Å². The van der Waals surface area contributed by atoms with E-state index >= 15 is 0 Å². The number of methoxy groups -OCH3 is 3. The highest BCUT2D eigenvalue weighted by molar-refractivity contribution is 7.16. The van der Waals surface area contributed by atoms with Crippen molar-refractivity contribution in [3.8, 4) is 11.5 Å². The molecule has 29 heavy (non-hydrogen) atoms. The minimum absolute atomic E-state index is 0.0669. The van der Waals surface area contributed by atoms with Gasteiger partial charge in [0.05, 0.1) is 38.0 Å².